The topological polar surface area (TPSA) is 57.5 Å². The average molecular weight is 285 g/mol. The van der Waals surface area contributed by atoms with Crippen molar-refractivity contribution in [3.63, 3.8) is 0 Å². The molecule has 0 saturated heterocycles. The second kappa shape index (κ2) is 11.0. The van der Waals surface area contributed by atoms with Gasteiger partial charge in [0.05, 0.1) is 19.3 Å². The third kappa shape index (κ3) is 9.27. The lowest BCUT2D eigenvalue weighted by atomic mass is 9.96. The van der Waals surface area contributed by atoms with E-state index >= 15 is 0 Å². The highest BCUT2D eigenvalue weighted by Gasteiger charge is 2.23. The first-order valence-electron chi connectivity index (χ1n) is 7.36. The van der Waals surface area contributed by atoms with Gasteiger partial charge in [-0.25, -0.2) is 0 Å². The summed E-state index contributed by atoms with van der Waals surface area (Å²) in [5, 5.41) is 12.7. The maximum absolute atomic E-state index is 9.32. The van der Waals surface area contributed by atoms with E-state index in [0.717, 1.165) is 45.7 Å². The Bertz CT molecular complexity index is 271. The molecule has 1 atom stereocenters. The summed E-state index contributed by atoms with van der Waals surface area (Å²) in [6, 6.07) is 2.71. The molecule has 20 heavy (non-hydrogen) atoms. The minimum atomic E-state index is -0.442. The molecule has 0 amide bonds. The van der Waals surface area contributed by atoms with Crippen molar-refractivity contribution in [2.75, 3.05) is 47.1 Å². The van der Waals surface area contributed by atoms with Crippen molar-refractivity contribution in [3.05, 3.63) is 0 Å². The van der Waals surface area contributed by atoms with Crippen LogP contribution in [-0.4, -0.2) is 63.5 Å². The van der Waals surface area contributed by atoms with Crippen molar-refractivity contribution in [1.82, 2.24) is 10.2 Å². The van der Waals surface area contributed by atoms with E-state index in [4.69, 9.17) is 9.47 Å². The molecule has 118 valence electrons. The van der Waals surface area contributed by atoms with Crippen molar-refractivity contribution in [2.45, 2.75) is 45.2 Å². The Kier molecular flexibility index (Phi) is 10.7. The summed E-state index contributed by atoms with van der Waals surface area (Å²) in [6.45, 7) is 10.3. The van der Waals surface area contributed by atoms with Crippen molar-refractivity contribution >= 4 is 0 Å². The minimum absolute atomic E-state index is 0.317. The maximum atomic E-state index is 9.32. The summed E-state index contributed by atoms with van der Waals surface area (Å²) in [5.41, 5.74) is -0.442. The van der Waals surface area contributed by atoms with Crippen molar-refractivity contribution in [1.29, 1.82) is 5.26 Å². The Balaban J connectivity index is 4.15. The van der Waals surface area contributed by atoms with Gasteiger partial charge in [0.25, 0.3) is 0 Å². The fourth-order valence-corrected chi connectivity index (χ4v) is 2.23. The van der Waals surface area contributed by atoms with E-state index < -0.39 is 5.54 Å². The molecule has 0 spiro atoms. The zero-order valence-electron chi connectivity index (χ0n) is 13.7. The van der Waals surface area contributed by atoms with Gasteiger partial charge in [0, 0.05) is 33.4 Å². The number of nitrogens with one attached hydrogen (secondary N) is 1. The Labute approximate surface area is 124 Å². The van der Waals surface area contributed by atoms with Crippen LogP contribution in [-0.2, 0) is 9.47 Å². The van der Waals surface area contributed by atoms with Gasteiger partial charge in [0.15, 0.2) is 0 Å². The molecule has 0 aromatic carbocycles. The van der Waals surface area contributed by atoms with Crippen molar-refractivity contribution < 1.29 is 9.47 Å². The van der Waals surface area contributed by atoms with Crippen LogP contribution < -0.4 is 5.32 Å². The second-order valence-corrected chi connectivity index (χ2v) is 5.67. The molecule has 0 aromatic rings. The summed E-state index contributed by atoms with van der Waals surface area (Å²) in [5.74, 6) is 0. The van der Waals surface area contributed by atoms with E-state index in [2.05, 4.69) is 30.1 Å². The molecule has 0 saturated carbocycles. The molecule has 0 fully saturated rings. The van der Waals surface area contributed by atoms with Crippen LogP contribution in [0.5, 0.6) is 0 Å². The number of hydrogen-bond donors (Lipinski definition) is 1. The Morgan fingerprint density at radius 1 is 1.15 bits per heavy atom. The second-order valence-electron chi connectivity index (χ2n) is 5.67. The summed E-state index contributed by atoms with van der Waals surface area (Å²) in [7, 11) is 3.43. The fraction of sp³-hybridized carbons (Fsp3) is 0.933. The summed E-state index contributed by atoms with van der Waals surface area (Å²) in [4.78, 5) is 2.32. The van der Waals surface area contributed by atoms with Crippen LogP contribution in [0, 0.1) is 11.3 Å². The first-order valence-corrected chi connectivity index (χ1v) is 7.36. The molecule has 5 heteroatoms. The highest BCUT2D eigenvalue weighted by atomic mass is 16.5. The zero-order valence-corrected chi connectivity index (χ0v) is 13.7. The van der Waals surface area contributed by atoms with Gasteiger partial charge in [-0.05, 0) is 40.2 Å². The summed E-state index contributed by atoms with van der Waals surface area (Å²) >= 11 is 0. The molecular weight excluding hydrogens is 254 g/mol. The molecule has 0 aliphatic heterocycles. The van der Waals surface area contributed by atoms with Gasteiger partial charge in [-0.2, -0.15) is 5.26 Å². The molecule has 5 nitrogen and oxygen atoms in total. The highest BCUT2D eigenvalue weighted by molar-refractivity contribution is 5.04. The molecule has 0 bridgehead atoms. The van der Waals surface area contributed by atoms with Gasteiger partial charge in [0.1, 0.15) is 5.54 Å². The van der Waals surface area contributed by atoms with Crippen LogP contribution in [0.15, 0.2) is 0 Å². The van der Waals surface area contributed by atoms with E-state index in [1.165, 1.54) is 0 Å². The van der Waals surface area contributed by atoms with Crippen LogP contribution in [0.4, 0.5) is 0 Å². The Morgan fingerprint density at radius 2 is 1.70 bits per heavy atom. The van der Waals surface area contributed by atoms with Gasteiger partial charge in [-0.1, -0.05) is 0 Å². The lowest BCUT2D eigenvalue weighted by Crippen LogP contribution is -2.45. The number of nitriles is 1. The van der Waals surface area contributed by atoms with Gasteiger partial charge >= 0.3 is 0 Å². The molecule has 0 rings (SSSR count). The molecular formula is C15H31N3O2. The SMILES string of the molecule is COCCN(CCCC(C)(C#N)NC(C)C)CCOC. The molecule has 1 unspecified atom stereocenters. The van der Waals surface area contributed by atoms with Gasteiger partial charge < -0.3 is 9.47 Å². The fourth-order valence-electron chi connectivity index (χ4n) is 2.23. The number of methoxy groups -OCH3 is 2. The van der Waals surface area contributed by atoms with Crippen molar-refractivity contribution in [2.24, 2.45) is 0 Å². The third-order valence-electron chi connectivity index (χ3n) is 3.23. The van der Waals surface area contributed by atoms with Crippen LogP contribution in [0.2, 0.25) is 0 Å². The van der Waals surface area contributed by atoms with E-state index in [1.807, 2.05) is 6.92 Å². The summed E-state index contributed by atoms with van der Waals surface area (Å²) < 4.78 is 10.3. The third-order valence-corrected chi connectivity index (χ3v) is 3.23. The molecule has 1 N–H and O–H groups in total. The van der Waals surface area contributed by atoms with Crippen LogP contribution in [0.25, 0.3) is 0 Å². The molecule has 0 aliphatic rings. The zero-order chi connectivity index (χ0) is 15.4. The lowest BCUT2D eigenvalue weighted by molar-refractivity contribution is 0.112. The predicted molar refractivity (Wildman–Crippen MR) is 81.7 cm³/mol. The molecule has 0 heterocycles. The highest BCUT2D eigenvalue weighted by Crippen LogP contribution is 2.13. The minimum Gasteiger partial charge on any atom is -0.383 e. The van der Waals surface area contributed by atoms with Crippen molar-refractivity contribution in [3.8, 4) is 6.07 Å². The monoisotopic (exact) mass is 285 g/mol. The molecule has 0 aromatic heterocycles. The smallest absolute Gasteiger partial charge is 0.104 e. The maximum Gasteiger partial charge on any atom is 0.104 e. The first-order chi connectivity index (χ1) is 9.47. The summed E-state index contributed by atoms with van der Waals surface area (Å²) in [6.07, 6.45) is 1.83. The van der Waals surface area contributed by atoms with E-state index in [1.54, 1.807) is 14.2 Å². The number of rotatable bonds is 12. The Morgan fingerprint density at radius 3 is 2.10 bits per heavy atom. The number of ether oxygens (including phenoxy) is 2. The number of nitrogens with zero attached hydrogens (tertiary/aromatic N) is 2. The predicted octanol–water partition coefficient (Wildman–Crippen LogP) is 1.64. The van der Waals surface area contributed by atoms with E-state index in [-0.39, 0.29) is 0 Å². The standard InChI is InChI=1S/C15H31N3O2/c1-14(2)17-15(3,13-16)7-6-8-18(9-11-19-4)10-12-20-5/h14,17H,6-12H2,1-5H3. The molecule has 0 aliphatic carbocycles. The molecule has 0 radical (unpaired) electrons. The quantitative estimate of drug-likeness (QED) is 0.591. The van der Waals surface area contributed by atoms with Gasteiger partial charge in [0.2, 0.25) is 0 Å². The van der Waals surface area contributed by atoms with Crippen LogP contribution in [0.1, 0.15) is 33.6 Å². The van der Waals surface area contributed by atoms with E-state index in [9.17, 15) is 5.26 Å². The first kappa shape index (κ1) is 19.3. The average Bonchev–Trinajstić information content (AvgIpc) is 2.40. The Hall–Kier alpha value is -0.670. The van der Waals surface area contributed by atoms with Gasteiger partial charge in [-0.3, -0.25) is 10.2 Å². The largest absolute Gasteiger partial charge is 0.383 e. The van der Waals surface area contributed by atoms with Gasteiger partial charge in [-0.15, -0.1) is 0 Å². The number of hydrogen-bond acceptors (Lipinski definition) is 5. The lowest BCUT2D eigenvalue weighted by Gasteiger charge is -2.28. The van der Waals surface area contributed by atoms with Crippen LogP contribution in [0.3, 0.4) is 0 Å². The van der Waals surface area contributed by atoms with Crippen LogP contribution >= 0.6 is 0 Å². The normalized spacial score (nSPS) is 14.5. The van der Waals surface area contributed by atoms with E-state index in [0.29, 0.717) is 6.04 Å².